The summed E-state index contributed by atoms with van der Waals surface area (Å²) in [6.45, 7) is 0.450. The predicted octanol–water partition coefficient (Wildman–Crippen LogP) is 3.91. The van der Waals surface area contributed by atoms with Crippen molar-refractivity contribution in [3.05, 3.63) is 95.0 Å². The molecule has 2 aliphatic carbocycles. The van der Waals surface area contributed by atoms with Gasteiger partial charge < -0.3 is 29.9 Å². The van der Waals surface area contributed by atoms with Crippen LogP contribution in [0.4, 0.5) is 5.69 Å². The number of esters is 1. The van der Waals surface area contributed by atoms with Crippen LogP contribution in [-0.2, 0) is 10.2 Å². The van der Waals surface area contributed by atoms with Gasteiger partial charge >= 0.3 is 5.97 Å². The number of fused-ring (bicyclic) bond motifs is 3. The van der Waals surface area contributed by atoms with E-state index in [2.05, 4.69) is 25.3 Å². The zero-order chi connectivity index (χ0) is 28.0. The number of H-pyrrole nitrogens is 3. The van der Waals surface area contributed by atoms with Crippen molar-refractivity contribution in [3.63, 3.8) is 0 Å². The van der Waals surface area contributed by atoms with Crippen molar-refractivity contribution in [1.29, 1.82) is 0 Å². The zero-order valence-electron chi connectivity index (χ0n) is 21.7. The van der Waals surface area contributed by atoms with Crippen molar-refractivity contribution in [2.45, 2.75) is 11.8 Å². The van der Waals surface area contributed by atoms with Gasteiger partial charge in [-0.05, 0) is 48.7 Å². The van der Waals surface area contributed by atoms with Crippen LogP contribution >= 0.6 is 0 Å². The summed E-state index contributed by atoms with van der Waals surface area (Å²) in [7, 11) is 1.25. The maximum atomic E-state index is 13.7. The minimum absolute atomic E-state index is 0.0200. The lowest BCUT2D eigenvalue weighted by atomic mass is 9.88. The SMILES string of the molecule is COC(=O)c1nc2c([nH]1)[C@]13C[C@H]1CN(C(=O)c1cc4cc(NC(=O)c5cc6ccccc6[nH]5)ccc4[nH]1)C3=CC2=O. The highest BCUT2D eigenvalue weighted by molar-refractivity contribution is 6.10. The maximum absolute atomic E-state index is 13.7. The lowest BCUT2D eigenvalue weighted by Gasteiger charge is -2.26. The minimum atomic E-state index is -0.650. The van der Waals surface area contributed by atoms with Crippen LogP contribution in [0.15, 0.2) is 66.4 Å². The molecule has 3 aliphatic rings. The summed E-state index contributed by atoms with van der Waals surface area (Å²) in [4.78, 5) is 66.7. The molecule has 8 rings (SSSR count). The van der Waals surface area contributed by atoms with Crippen LogP contribution in [0.1, 0.15) is 54.2 Å². The standard InChI is InChI=1S/C30H22N6O5/c1-41-29(40)26-34-24-22(37)11-23-30(25(24)35-26)12-16(30)13-36(23)28(39)21-10-15-8-17(6-7-19(15)33-21)31-27(38)20-9-14-4-2-3-5-18(14)32-20/h2-11,16,32-33H,12-13H2,1H3,(H,31,38)(H,34,35)/t16-,30+/m0/s1. The van der Waals surface area contributed by atoms with E-state index in [0.29, 0.717) is 35.0 Å². The smallest absolute Gasteiger partial charge is 0.374 e. The molecule has 0 bridgehead atoms. The molecule has 1 saturated heterocycles. The molecule has 0 unspecified atom stereocenters. The number of aromatic nitrogens is 4. The maximum Gasteiger partial charge on any atom is 0.374 e. The molecule has 2 aromatic carbocycles. The van der Waals surface area contributed by atoms with Crippen LogP contribution in [0.5, 0.6) is 0 Å². The average molecular weight is 547 g/mol. The Morgan fingerprint density at radius 1 is 1.00 bits per heavy atom. The molecule has 1 saturated carbocycles. The number of piperidine rings is 1. The number of amides is 2. The molecule has 3 aromatic heterocycles. The number of carbonyl (C=O) groups is 4. The third kappa shape index (κ3) is 3.29. The van der Waals surface area contributed by atoms with Gasteiger partial charge in [-0.1, -0.05) is 18.2 Å². The van der Waals surface area contributed by atoms with Crippen molar-refractivity contribution in [1.82, 2.24) is 24.8 Å². The van der Waals surface area contributed by atoms with Gasteiger partial charge in [0.05, 0.1) is 18.2 Å². The summed E-state index contributed by atoms with van der Waals surface area (Å²) in [6, 6.07) is 16.6. The predicted molar refractivity (Wildman–Crippen MR) is 148 cm³/mol. The molecule has 2 fully saturated rings. The topological polar surface area (TPSA) is 153 Å². The summed E-state index contributed by atoms with van der Waals surface area (Å²) >= 11 is 0. The number of hydrogen-bond donors (Lipinski definition) is 4. The van der Waals surface area contributed by atoms with Gasteiger partial charge in [0, 0.05) is 45.8 Å². The van der Waals surface area contributed by atoms with Crippen molar-refractivity contribution >= 4 is 51.1 Å². The second-order valence-corrected chi connectivity index (χ2v) is 10.7. The number of ketones is 1. The molecule has 11 heteroatoms. The van der Waals surface area contributed by atoms with Crippen molar-refractivity contribution in [2.75, 3.05) is 19.0 Å². The fourth-order valence-corrected chi connectivity index (χ4v) is 6.38. The summed E-state index contributed by atoms with van der Waals surface area (Å²) in [6.07, 6.45) is 2.23. The van der Waals surface area contributed by atoms with Gasteiger partial charge in [0.15, 0.2) is 0 Å². The Morgan fingerprint density at radius 2 is 1.78 bits per heavy atom. The van der Waals surface area contributed by atoms with E-state index in [1.807, 2.05) is 30.3 Å². The molecule has 1 spiro atoms. The van der Waals surface area contributed by atoms with Gasteiger partial charge in [0.2, 0.25) is 11.6 Å². The van der Waals surface area contributed by atoms with Crippen LogP contribution < -0.4 is 5.32 Å². The molecule has 4 N–H and O–H groups in total. The fourth-order valence-electron chi connectivity index (χ4n) is 6.38. The van der Waals surface area contributed by atoms with E-state index in [4.69, 9.17) is 4.74 Å². The molecule has 2 atom stereocenters. The third-order valence-electron chi connectivity index (χ3n) is 8.41. The second-order valence-electron chi connectivity index (χ2n) is 10.7. The molecule has 4 heterocycles. The Hall–Kier alpha value is -5.45. The van der Waals surface area contributed by atoms with Gasteiger partial charge in [-0.3, -0.25) is 14.4 Å². The zero-order valence-corrected chi connectivity index (χ0v) is 21.7. The highest BCUT2D eigenvalue weighted by Gasteiger charge is 2.68. The Morgan fingerprint density at radius 3 is 2.61 bits per heavy atom. The second kappa shape index (κ2) is 8.04. The van der Waals surface area contributed by atoms with Gasteiger partial charge in [-0.25, -0.2) is 9.78 Å². The average Bonchev–Trinajstić information content (AvgIpc) is 3.46. The number of para-hydroxylation sites is 1. The summed E-state index contributed by atoms with van der Waals surface area (Å²) in [5, 5.41) is 4.62. The number of benzene rings is 2. The van der Waals surface area contributed by atoms with E-state index in [1.165, 1.54) is 13.2 Å². The number of carbonyl (C=O) groups excluding carboxylic acids is 4. The number of nitrogens with zero attached hydrogens (tertiary/aromatic N) is 2. The normalized spacial score (nSPS) is 20.4. The molecule has 41 heavy (non-hydrogen) atoms. The quantitative estimate of drug-likeness (QED) is 0.251. The Kier molecular flexibility index (Phi) is 4.60. The van der Waals surface area contributed by atoms with E-state index >= 15 is 0 Å². The largest absolute Gasteiger partial charge is 0.463 e. The number of anilines is 1. The molecule has 5 aromatic rings. The van der Waals surface area contributed by atoms with Crippen LogP contribution in [0, 0.1) is 5.92 Å². The summed E-state index contributed by atoms with van der Waals surface area (Å²) in [5.41, 5.74) is 3.90. The van der Waals surface area contributed by atoms with Gasteiger partial charge in [-0.15, -0.1) is 0 Å². The number of nitrogens with one attached hydrogen (secondary N) is 4. The van der Waals surface area contributed by atoms with Crippen molar-refractivity contribution in [2.24, 2.45) is 5.92 Å². The first-order valence-electron chi connectivity index (χ1n) is 13.1. The van der Waals surface area contributed by atoms with E-state index in [0.717, 1.165) is 28.2 Å². The Balaban J connectivity index is 1.06. The summed E-state index contributed by atoms with van der Waals surface area (Å²) in [5.74, 6) is -1.43. The van der Waals surface area contributed by atoms with E-state index in [-0.39, 0.29) is 35.0 Å². The van der Waals surface area contributed by atoms with E-state index in [9.17, 15) is 19.2 Å². The minimum Gasteiger partial charge on any atom is -0.463 e. The molecule has 202 valence electrons. The Labute approximate surface area is 231 Å². The number of allylic oxidation sites excluding steroid dienone is 2. The summed E-state index contributed by atoms with van der Waals surface area (Å²) < 4.78 is 4.76. The van der Waals surface area contributed by atoms with Gasteiger partial charge in [0.25, 0.3) is 11.8 Å². The Bertz CT molecular complexity index is 2000. The monoisotopic (exact) mass is 546 g/mol. The third-order valence-corrected chi connectivity index (χ3v) is 8.41. The first kappa shape index (κ1) is 23.4. The molecule has 1 aliphatic heterocycles. The van der Waals surface area contributed by atoms with Crippen LogP contribution in [0.3, 0.4) is 0 Å². The number of imidazole rings is 1. The molecular weight excluding hydrogens is 524 g/mol. The first-order chi connectivity index (χ1) is 19.9. The van der Waals surface area contributed by atoms with Crippen LogP contribution in [-0.4, -0.2) is 62.1 Å². The number of hydrogen-bond acceptors (Lipinski definition) is 6. The molecule has 2 amide bonds. The highest BCUT2D eigenvalue weighted by Crippen LogP contribution is 2.66. The molecular formula is C30H22N6O5. The number of methoxy groups -OCH3 is 1. The number of rotatable bonds is 4. The molecule has 11 nitrogen and oxygen atoms in total. The number of likely N-dealkylation sites (tertiary alicyclic amines) is 1. The van der Waals surface area contributed by atoms with Gasteiger partial charge in [-0.2, -0.15) is 0 Å². The van der Waals surface area contributed by atoms with Crippen molar-refractivity contribution in [3.8, 4) is 0 Å². The lowest BCUT2D eigenvalue weighted by molar-refractivity contribution is 0.0587. The molecule has 0 radical (unpaired) electrons. The van der Waals surface area contributed by atoms with Gasteiger partial charge in [0.1, 0.15) is 17.1 Å². The van der Waals surface area contributed by atoms with E-state index < -0.39 is 11.4 Å². The fraction of sp³-hybridized carbons (Fsp3) is 0.167. The van der Waals surface area contributed by atoms with Crippen LogP contribution in [0.25, 0.3) is 21.8 Å². The lowest BCUT2D eigenvalue weighted by Crippen LogP contribution is -2.34. The van der Waals surface area contributed by atoms with Crippen molar-refractivity contribution < 1.29 is 23.9 Å². The number of ether oxygens (including phenoxy) is 1. The van der Waals surface area contributed by atoms with Crippen LogP contribution in [0.2, 0.25) is 0 Å². The number of aromatic amines is 3. The highest BCUT2D eigenvalue weighted by atomic mass is 16.5. The first-order valence-corrected chi connectivity index (χ1v) is 13.1. The van der Waals surface area contributed by atoms with E-state index in [1.54, 1.807) is 29.2 Å².